The zero-order chi connectivity index (χ0) is 28.2. The zero-order valence-electron chi connectivity index (χ0n) is 21.8. The molecule has 4 heterocycles. The molecule has 4 aromatic rings. The van der Waals surface area contributed by atoms with Crippen LogP contribution in [-0.2, 0) is 12.1 Å². The molecular formula is C28H27F2N7O3. The molecule has 0 unspecified atom stereocenters. The summed E-state index contributed by atoms with van der Waals surface area (Å²) in [7, 11) is 0. The van der Waals surface area contributed by atoms with Gasteiger partial charge in [0, 0.05) is 60.7 Å². The number of rotatable bonds is 7. The number of benzene rings is 1. The predicted octanol–water partition coefficient (Wildman–Crippen LogP) is 2.84. The maximum atomic E-state index is 13.9. The maximum absolute atomic E-state index is 13.9. The van der Waals surface area contributed by atoms with Crippen molar-refractivity contribution in [3.05, 3.63) is 83.4 Å². The van der Waals surface area contributed by atoms with Crippen molar-refractivity contribution in [2.45, 2.75) is 32.1 Å². The fourth-order valence-corrected chi connectivity index (χ4v) is 5.08. The summed E-state index contributed by atoms with van der Waals surface area (Å²) in [5.41, 5.74) is 7.72. The molecule has 1 amide bonds. The van der Waals surface area contributed by atoms with Crippen molar-refractivity contribution in [2.24, 2.45) is 17.6 Å². The number of likely N-dealkylation sites (tertiary alicyclic amines) is 1. The SMILES string of the molecule is CC(C)(N)c1cc(O[C@@H]2[C@@H]3CN(C(=O)c4cn(-c5ncccn5)nc4CO)C[C@@H]32)nc(-c2ccc(F)c(F)c2)c1. The van der Waals surface area contributed by atoms with Crippen molar-refractivity contribution in [1.29, 1.82) is 0 Å². The van der Waals surface area contributed by atoms with Crippen LogP contribution in [0.1, 0.15) is 35.5 Å². The molecule has 1 saturated carbocycles. The second-order valence-electron chi connectivity index (χ2n) is 10.7. The number of aliphatic hydroxyl groups excluding tert-OH is 1. The number of amides is 1. The van der Waals surface area contributed by atoms with Crippen molar-refractivity contribution < 1.29 is 23.4 Å². The first kappa shape index (κ1) is 26.0. The first-order valence-electron chi connectivity index (χ1n) is 12.8. The highest BCUT2D eigenvalue weighted by atomic mass is 19.2. The van der Waals surface area contributed by atoms with Crippen molar-refractivity contribution in [1.82, 2.24) is 29.6 Å². The van der Waals surface area contributed by atoms with Gasteiger partial charge in [0.15, 0.2) is 11.6 Å². The van der Waals surface area contributed by atoms with Crippen LogP contribution in [0, 0.1) is 23.5 Å². The number of carbonyl (C=O) groups is 1. The van der Waals surface area contributed by atoms with E-state index in [2.05, 4.69) is 20.1 Å². The summed E-state index contributed by atoms with van der Waals surface area (Å²) in [4.78, 5) is 27.9. The molecule has 2 fully saturated rings. The molecule has 1 aliphatic heterocycles. The monoisotopic (exact) mass is 547 g/mol. The lowest BCUT2D eigenvalue weighted by atomic mass is 9.95. The molecule has 6 rings (SSSR count). The number of aromatic nitrogens is 5. The molecule has 0 spiro atoms. The Labute approximate surface area is 228 Å². The molecule has 10 nitrogen and oxygen atoms in total. The summed E-state index contributed by atoms with van der Waals surface area (Å²) >= 11 is 0. The van der Waals surface area contributed by atoms with Gasteiger partial charge < -0.3 is 20.5 Å². The Kier molecular flexibility index (Phi) is 6.31. The Morgan fingerprint density at radius 3 is 2.50 bits per heavy atom. The van der Waals surface area contributed by atoms with Gasteiger partial charge in [0.1, 0.15) is 11.8 Å². The van der Waals surface area contributed by atoms with Crippen LogP contribution in [0.3, 0.4) is 0 Å². The first-order chi connectivity index (χ1) is 19.1. The fourth-order valence-electron chi connectivity index (χ4n) is 5.08. The Balaban J connectivity index is 1.17. The van der Waals surface area contributed by atoms with Crippen LogP contribution in [0.25, 0.3) is 17.2 Å². The Morgan fingerprint density at radius 2 is 1.85 bits per heavy atom. The number of fused-ring (bicyclic) bond motifs is 1. The van der Waals surface area contributed by atoms with E-state index in [0.717, 1.165) is 17.7 Å². The van der Waals surface area contributed by atoms with Gasteiger partial charge in [-0.25, -0.2) is 28.4 Å². The van der Waals surface area contributed by atoms with Gasteiger partial charge in [-0.3, -0.25) is 4.79 Å². The molecule has 1 saturated heterocycles. The molecular weight excluding hydrogens is 520 g/mol. The van der Waals surface area contributed by atoms with Gasteiger partial charge in [0.05, 0.1) is 17.9 Å². The van der Waals surface area contributed by atoms with Gasteiger partial charge in [0.2, 0.25) is 11.8 Å². The van der Waals surface area contributed by atoms with Crippen LogP contribution in [0.5, 0.6) is 5.88 Å². The zero-order valence-corrected chi connectivity index (χ0v) is 21.8. The summed E-state index contributed by atoms with van der Waals surface area (Å²) in [5.74, 6) is -1.29. The van der Waals surface area contributed by atoms with E-state index in [1.807, 2.05) is 13.8 Å². The molecule has 3 atom stereocenters. The molecule has 1 aromatic carbocycles. The number of halogens is 2. The van der Waals surface area contributed by atoms with Crippen molar-refractivity contribution >= 4 is 5.91 Å². The van der Waals surface area contributed by atoms with Gasteiger partial charge in [-0.2, -0.15) is 5.10 Å². The van der Waals surface area contributed by atoms with Crippen LogP contribution < -0.4 is 10.5 Å². The minimum atomic E-state index is -0.966. The summed E-state index contributed by atoms with van der Waals surface area (Å²) < 4.78 is 35.0. The van der Waals surface area contributed by atoms with Gasteiger partial charge in [-0.1, -0.05) is 0 Å². The standard InChI is InChI=1S/C28H27F2N7O3/c1-28(2,31)16-9-22(15-4-5-20(29)21(30)8-15)34-24(10-16)40-25-17-11-36(12-18(17)25)26(39)19-13-37(35-23(19)14-38)27-32-6-3-7-33-27/h3-10,13,17-18,25,38H,11-12,14,31H2,1-2H3/t17-,18+,25-. The van der Waals surface area contributed by atoms with Crippen LogP contribution in [0.4, 0.5) is 8.78 Å². The number of aliphatic hydroxyl groups is 1. The van der Waals surface area contributed by atoms with Crippen LogP contribution in [0.2, 0.25) is 0 Å². The molecule has 12 heteroatoms. The van der Waals surface area contributed by atoms with Crippen LogP contribution >= 0.6 is 0 Å². The van der Waals surface area contributed by atoms with E-state index < -0.39 is 23.8 Å². The van der Waals surface area contributed by atoms with Gasteiger partial charge >= 0.3 is 0 Å². The van der Waals surface area contributed by atoms with Crippen LogP contribution in [0.15, 0.2) is 55.0 Å². The minimum Gasteiger partial charge on any atom is -0.474 e. The number of hydrogen-bond acceptors (Lipinski definition) is 8. The molecule has 3 aromatic heterocycles. The molecule has 3 N–H and O–H groups in total. The Morgan fingerprint density at radius 1 is 1.12 bits per heavy atom. The van der Waals surface area contributed by atoms with Crippen LogP contribution in [-0.4, -0.2) is 59.8 Å². The lowest BCUT2D eigenvalue weighted by molar-refractivity contribution is 0.0748. The number of nitrogens with two attached hydrogens (primary N) is 1. The number of carbonyl (C=O) groups excluding carboxylic acids is 1. The Bertz CT molecular complexity index is 1580. The molecule has 0 radical (unpaired) electrons. The summed E-state index contributed by atoms with van der Waals surface area (Å²) in [6, 6.07) is 8.79. The summed E-state index contributed by atoms with van der Waals surface area (Å²) in [6.45, 7) is 4.23. The maximum Gasteiger partial charge on any atom is 0.257 e. The van der Waals surface area contributed by atoms with E-state index in [9.17, 15) is 18.7 Å². The van der Waals surface area contributed by atoms with Crippen molar-refractivity contribution in [3.63, 3.8) is 0 Å². The number of ether oxygens (including phenoxy) is 1. The average molecular weight is 548 g/mol. The third-order valence-corrected chi connectivity index (χ3v) is 7.35. The van der Waals surface area contributed by atoms with Gasteiger partial charge in [-0.05, 0) is 49.7 Å². The quantitative estimate of drug-likeness (QED) is 0.361. The molecule has 0 bridgehead atoms. The fraction of sp³-hybridized carbons (Fsp3) is 0.321. The van der Waals surface area contributed by atoms with Crippen molar-refractivity contribution in [2.75, 3.05) is 13.1 Å². The largest absolute Gasteiger partial charge is 0.474 e. The molecule has 2 aliphatic rings. The first-order valence-corrected chi connectivity index (χ1v) is 12.8. The highest BCUT2D eigenvalue weighted by Crippen LogP contribution is 2.48. The van der Waals surface area contributed by atoms with E-state index in [0.29, 0.717) is 41.7 Å². The molecule has 206 valence electrons. The van der Waals surface area contributed by atoms with E-state index >= 15 is 0 Å². The Hall–Kier alpha value is -4.29. The second kappa shape index (κ2) is 9.72. The van der Waals surface area contributed by atoms with E-state index in [-0.39, 0.29) is 29.5 Å². The van der Waals surface area contributed by atoms with E-state index in [1.165, 1.54) is 16.9 Å². The average Bonchev–Trinajstić information content (AvgIpc) is 3.28. The van der Waals surface area contributed by atoms with E-state index in [1.54, 1.807) is 35.5 Å². The normalized spacial score (nSPS) is 19.9. The number of piperidine rings is 1. The number of pyridine rings is 1. The van der Waals surface area contributed by atoms with Crippen molar-refractivity contribution in [3.8, 4) is 23.1 Å². The number of nitrogens with zero attached hydrogens (tertiary/aromatic N) is 6. The molecule has 40 heavy (non-hydrogen) atoms. The second-order valence-corrected chi connectivity index (χ2v) is 10.7. The van der Waals surface area contributed by atoms with E-state index in [4.69, 9.17) is 10.5 Å². The minimum absolute atomic E-state index is 0.108. The third-order valence-electron chi connectivity index (χ3n) is 7.35. The molecule has 1 aliphatic carbocycles. The van der Waals surface area contributed by atoms with Gasteiger partial charge in [-0.15, -0.1) is 0 Å². The lowest BCUT2D eigenvalue weighted by Crippen LogP contribution is -2.33. The third kappa shape index (κ3) is 4.80. The highest BCUT2D eigenvalue weighted by molar-refractivity contribution is 5.95. The predicted molar refractivity (Wildman–Crippen MR) is 139 cm³/mol. The highest BCUT2D eigenvalue weighted by Gasteiger charge is 2.59. The summed E-state index contributed by atoms with van der Waals surface area (Å²) in [5, 5.41) is 14.1. The lowest BCUT2D eigenvalue weighted by Gasteiger charge is -2.22. The smallest absolute Gasteiger partial charge is 0.257 e. The number of hydrogen-bond donors (Lipinski definition) is 2. The van der Waals surface area contributed by atoms with Gasteiger partial charge in [0.25, 0.3) is 5.91 Å². The topological polar surface area (TPSA) is 132 Å². The summed E-state index contributed by atoms with van der Waals surface area (Å²) in [6.07, 6.45) is 4.52.